The zero-order chi connectivity index (χ0) is 13.2. The van der Waals surface area contributed by atoms with Crippen LogP contribution in [-0.2, 0) is 0 Å². The largest absolute Gasteiger partial charge is 0.391 e. The molecule has 5 heteroatoms. The minimum atomic E-state index is -0.225. The van der Waals surface area contributed by atoms with E-state index in [-0.39, 0.29) is 6.10 Å². The van der Waals surface area contributed by atoms with Gasteiger partial charge in [0.1, 0.15) is 18.0 Å². The number of β-amino-alcohol motifs (C(OH)–C–C–N with tert-alkyl or cyclic N) is 1. The first kappa shape index (κ1) is 12.7. The average molecular weight is 262 g/mol. The summed E-state index contributed by atoms with van der Waals surface area (Å²) in [5.74, 6) is 1.93. The highest BCUT2D eigenvalue weighted by molar-refractivity contribution is 5.50. The molecule has 0 radical (unpaired) electrons. The Morgan fingerprint density at radius 3 is 2.79 bits per heavy atom. The average Bonchev–Trinajstić information content (AvgIpc) is 2.37. The second kappa shape index (κ2) is 5.33. The van der Waals surface area contributed by atoms with Gasteiger partial charge in [0.15, 0.2) is 0 Å². The van der Waals surface area contributed by atoms with Crippen LogP contribution in [0.25, 0.3) is 0 Å². The molecule has 1 aliphatic heterocycles. The number of aromatic nitrogens is 2. The molecule has 2 fully saturated rings. The smallest absolute Gasteiger partial charge is 0.134 e. The van der Waals surface area contributed by atoms with Crippen LogP contribution in [0, 0.1) is 0 Å². The van der Waals surface area contributed by atoms with Crippen LogP contribution in [0.3, 0.4) is 0 Å². The van der Waals surface area contributed by atoms with E-state index in [4.69, 9.17) is 0 Å². The fourth-order valence-corrected chi connectivity index (χ4v) is 2.83. The summed E-state index contributed by atoms with van der Waals surface area (Å²) in [5, 5.41) is 9.76. The molecule has 5 nitrogen and oxygen atoms in total. The van der Waals surface area contributed by atoms with Gasteiger partial charge in [0.05, 0.1) is 6.10 Å². The van der Waals surface area contributed by atoms with Crippen LogP contribution in [0.2, 0.25) is 0 Å². The van der Waals surface area contributed by atoms with E-state index in [0.29, 0.717) is 12.6 Å². The standard InChI is InChI=1S/C14H22N4O/c1-17(11-4-2-5-11)13-8-14(16-10-15-13)18-7-3-6-12(19)9-18/h8,10-12,19H,2-7,9H2,1H3. The minimum absolute atomic E-state index is 0.225. The molecule has 2 heterocycles. The summed E-state index contributed by atoms with van der Waals surface area (Å²) in [5.41, 5.74) is 0. The third kappa shape index (κ3) is 2.66. The predicted molar refractivity (Wildman–Crippen MR) is 75.5 cm³/mol. The quantitative estimate of drug-likeness (QED) is 0.893. The highest BCUT2D eigenvalue weighted by Crippen LogP contribution is 2.28. The summed E-state index contributed by atoms with van der Waals surface area (Å²) in [7, 11) is 2.11. The molecular weight excluding hydrogens is 240 g/mol. The monoisotopic (exact) mass is 262 g/mol. The zero-order valence-corrected chi connectivity index (χ0v) is 11.5. The van der Waals surface area contributed by atoms with Gasteiger partial charge in [-0.15, -0.1) is 0 Å². The first-order valence-corrected chi connectivity index (χ1v) is 7.22. The van der Waals surface area contributed by atoms with Gasteiger partial charge >= 0.3 is 0 Å². The Labute approximate surface area is 114 Å². The van der Waals surface area contributed by atoms with E-state index in [9.17, 15) is 5.11 Å². The molecule has 0 aromatic carbocycles. The molecule has 3 rings (SSSR count). The van der Waals surface area contributed by atoms with Gasteiger partial charge in [-0.25, -0.2) is 9.97 Å². The van der Waals surface area contributed by atoms with Gasteiger partial charge in [-0.3, -0.25) is 0 Å². The van der Waals surface area contributed by atoms with Crippen molar-refractivity contribution in [2.45, 2.75) is 44.2 Å². The van der Waals surface area contributed by atoms with Crippen LogP contribution in [0.5, 0.6) is 0 Å². The molecule has 1 aliphatic carbocycles. The number of piperidine rings is 1. The summed E-state index contributed by atoms with van der Waals surface area (Å²) >= 11 is 0. The highest BCUT2D eigenvalue weighted by atomic mass is 16.3. The SMILES string of the molecule is CN(c1cc(N2CCCC(O)C2)ncn1)C1CCC1. The molecule has 1 aromatic heterocycles. The molecule has 1 unspecified atom stereocenters. The van der Waals surface area contributed by atoms with Crippen molar-refractivity contribution < 1.29 is 5.11 Å². The van der Waals surface area contributed by atoms with Crippen molar-refractivity contribution in [3.05, 3.63) is 12.4 Å². The van der Waals surface area contributed by atoms with Crippen molar-refractivity contribution in [3.8, 4) is 0 Å². The Bertz CT molecular complexity index is 435. The van der Waals surface area contributed by atoms with E-state index in [1.807, 2.05) is 0 Å². The topological polar surface area (TPSA) is 52.5 Å². The van der Waals surface area contributed by atoms with E-state index in [1.165, 1.54) is 19.3 Å². The van der Waals surface area contributed by atoms with Crippen LogP contribution in [0.1, 0.15) is 32.1 Å². The molecule has 0 amide bonds. The fourth-order valence-electron chi connectivity index (χ4n) is 2.83. The first-order chi connectivity index (χ1) is 9.24. The maximum Gasteiger partial charge on any atom is 0.134 e. The predicted octanol–water partition coefficient (Wildman–Crippen LogP) is 1.43. The van der Waals surface area contributed by atoms with Crippen molar-refractivity contribution in [1.29, 1.82) is 0 Å². The fraction of sp³-hybridized carbons (Fsp3) is 0.714. The van der Waals surface area contributed by atoms with Gasteiger partial charge in [-0.2, -0.15) is 0 Å². The Kier molecular flexibility index (Phi) is 3.55. The van der Waals surface area contributed by atoms with Crippen molar-refractivity contribution >= 4 is 11.6 Å². The number of anilines is 2. The second-order valence-corrected chi connectivity index (χ2v) is 5.67. The highest BCUT2D eigenvalue weighted by Gasteiger charge is 2.24. The minimum Gasteiger partial charge on any atom is -0.391 e. The maximum atomic E-state index is 9.76. The molecule has 1 aromatic rings. The van der Waals surface area contributed by atoms with Gasteiger partial charge in [-0.1, -0.05) is 0 Å². The van der Waals surface area contributed by atoms with Gasteiger partial charge in [-0.05, 0) is 32.1 Å². The van der Waals surface area contributed by atoms with Gasteiger partial charge < -0.3 is 14.9 Å². The molecule has 0 bridgehead atoms. The van der Waals surface area contributed by atoms with Crippen molar-refractivity contribution in [2.24, 2.45) is 0 Å². The lowest BCUT2D eigenvalue weighted by Gasteiger charge is -2.36. The van der Waals surface area contributed by atoms with Crippen molar-refractivity contribution in [2.75, 3.05) is 29.9 Å². The molecule has 104 valence electrons. The van der Waals surface area contributed by atoms with Crippen LogP contribution in [0.4, 0.5) is 11.6 Å². The Morgan fingerprint density at radius 1 is 1.26 bits per heavy atom. The van der Waals surface area contributed by atoms with Gasteiger partial charge in [0, 0.05) is 32.2 Å². The lowest BCUT2D eigenvalue weighted by Crippen LogP contribution is -2.40. The van der Waals surface area contributed by atoms with E-state index in [2.05, 4.69) is 32.9 Å². The molecule has 1 saturated heterocycles. The Balaban J connectivity index is 1.75. The molecule has 19 heavy (non-hydrogen) atoms. The van der Waals surface area contributed by atoms with Crippen molar-refractivity contribution in [3.63, 3.8) is 0 Å². The molecule has 1 atom stereocenters. The number of hydrogen-bond acceptors (Lipinski definition) is 5. The van der Waals surface area contributed by atoms with Crippen molar-refractivity contribution in [1.82, 2.24) is 9.97 Å². The lowest BCUT2D eigenvalue weighted by molar-refractivity contribution is 0.154. The van der Waals surface area contributed by atoms with E-state index in [1.54, 1.807) is 6.33 Å². The number of aliphatic hydroxyl groups excluding tert-OH is 1. The van der Waals surface area contributed by atoms with Gasteiger partial charge in [0.25, 0.3) is 0 Å². The maximum absolute atomic E-state index is 9.76. The summed E-state index contributed by atoms with van der Waals surface area (Å²) in [6, 6.07) is 2.69. The number of aliphatic hydroxyl groups is 1. The summed E-state index contributed by atoms with van der Waals surface area (Å²) < 4.78 is 0. The summed E-state index contributed by atoms with van der Waals surface area (Å²) in [6.45, 7) is 1.66. The number of rotatable bonds is 3. The third-order valence-corrected chi connectivity index (χ3v) is 4.34. The normalized spacial score (nSPS) is 24.1. The molecule has 1 N–H and O–H groups in total. The van der Waals surface area contributed by atoms with E-state index in [0.717, 1.165) is 31.0 Å². The van der Waals surface area contributed by atoms with Crippen LogP contribution in [-0.4, -0.2) is 47.4 Å². The molecule has 2 aliphatic rings. The Hall–Kier alpha value is -1.36. The summed E-state index contributed by atoms with van der Waals surface area (Å²) in [6.07, 6.45) is 7.19. The molecule has 1 saturated carbocycles. The van der Waals surface area contributed by atoms with Crippen LogP contribution < -0.4 is 9.80 Å². The first-order valence-electron chi connectivity index (χ1n) is 7.22. The van der Waals surface area contributed by atoms with Crippen LogP contribution >= 0.6 is 0 Å². The second-order valence-electron chi connectivity index (χ2n) is 5.67. The lowest BCUT2D eigenvalue weighted by atomic mass is 9.92. The zero-order valence-electron chi connectivity index (χ0n) is 11.5. The number of nitrogens with zero attached hydrogens (tertiary/aromatic N) is 4. The van der Waals surface area contributed by atoms with E-state index < -0.39 is 0 Å². The molecular formula is C14H22N4O. The summed E-state index contributed by atoms with van der Waals surface area (Å²) in [4.78, 5) is 13.2. The molecule has 0 spiro atoms. The third-order valence-electron chi connectivity index (χ3n) is 4.34. The number of hydrogen-bond donors (Lipinski definition) is 1. The van der Waals surface area contributed by atoms with E-state index >= 15 is 0 Å². The van der Waals surface area contributed by atoms with Gasteiger partial charge in [0.2, 0.25) is 0 Å². The van der Waals surface area contributed by atoms with Crippen LogP contribution in [0.15, 0.2) is 12.4 Å². The Morgan fingerprint density at radius 2 is 2.11 bits per heavy atom.